The molecule has 1 fully saturated rings. The van der Waals surface area contributed by atoms with Crippen molar-refractivity contribution in [2.75, 3.05) is 7.05 Å². The highest BCUT2D eigenvalue weighted by atomic mass is 79.9. The lowest BCUT2D eigenvalue weighted by atomic mass is 9.93. The van der Waals surface area contributed by atoms with Crippen molar-refractivity contribution in [2.45, 2.75) is 38.3 Å². The van der Waals surface area contributed by atoms with Crippen LogP contribution in [0.1, 0.15) is 31.2 Å². The smallest absolute Gasteiger partial charge is 0.137 e. The van der Waals surface area contributed by atoms with Crippen molar-refractivity contribution in [1.29, 1.82) is 0 Å². The molecule has 0 aliphatic heterocycles. The van der Waals surface area contributed by atoms with Gasteiger partial charge in [0.15, 0.2) is 0 Å². The topological polar surface area (TPSA) is 20.3 Å². The van der Waals surface area contributed by atoms with E-state index < -0.39 is 0 Å². The molecule has 0 heterocycles. The molecular weight excluding hydrogens is 297 g/mol. The zero-order chi connectivity index (χ0) is 13.1. The number of hydrogen-bond donors (Lipinski definition) is 0. The van der Waals surface area contributed by atoms with Gasteiger partial charge in [-0.1, -0.05) is 12.1 Å². The van der Waals surface area contributed by atoms with Crippen LogP contribution in [-0.4, -0.2) is 23.8 Å². The molecule has 0 amide bonds. The van der Waals surface area contributed by atoms with E-state index in [0.29, 0.717) is 35.7 Å². The molecule has 0 unspecified atom stereocenters. The number of hydrogen-bond acceptors (Lipinski definition) is 2. The first-order valence-electron chi connectivity index (χ1n) is 6.22. The molecule has 98 valence electrons. The minimum absolute atomic E-state index is 0.222. The van der Waals surface area contributed by atoms with Crippen molar-refractivity contribution in [3.05, 3.63) is 34.1 Å². The van der Waals surface area contributed by atoms with Crippen LogP contribution in [0.2, 0.25) is 0 Å². The Morgan fingerprint density at radius 2 is 2.06 bits per heavy atom. The molecule has 1 saturated carbocycles. The number of nitrogens with zero attached hydrogens (tertiary/aromatic N) is 1. The Hall–Kier alpha value is -0.740. The molecule has 0 saturated heterocycles. The van der Waals surface area contributed by atoms with Crippen LogP contribution in [0.25, 0.3) is 0 Å². The molecule has 18 heavy (non-hydrogen) atoms. The van der Waals surface area contributed by atoms with E-state index in [4.69, 9.17) is 0 Å². The Morgan fingerprint density at radius 1 is 1.39 bits per heavy atom. The summed E-state index contributed by atoms with van der Waals surface area (Å²) in [4.78, 5) is 13.4. The summed E-state index contributed by atoms with van der Waals surface area (Å²) in [6.45, 7) is 0.706. The number of Topliss-reactive ketones (excluding diaryl/α,β-unsaturated/α-hetero) is 1. The van der Waals surface area contributed by atoms with Gasteiger partial charge in [0, 0.05) is 25.4 Å². The van der Waals surface area contributed by atoms with E-state index >= 15 is 0 Å². The van der Waals surface area contributed by atoms with E-state index in [1.807, 2.05) is 13.1 Å². The minimum Gasteiger partial charge on any atom is -0.300 e. The van der Waals surface area contributed by atoms with Gasteiger partial charge in [0.1, 0.15) is 11.6 Å². The molecule has 0 radical (unpaired) electrons. The van der Waals surface area contributed by atoms with Crippen LogP contribution in [0.3, 0.4) is 0 Å². The maximum absolute atomic E-state index is 13.4. The van der Waals surface area contributed by atoms with Crippen LogP contribution >= 0.6 is 15.9 Å². The second-order valence-electron chi connectivity index (χ2n) is 4.90. The van der Waals surface area contributed by atoms with Crippen molar-refractivity contribution in [2.24, 2.45) is 0 Å². The fraction of sp³-hybridized carbons (Fsp3) is 0.500. The molecule has 1 aliphatic rings. The first-order chi connectivity index (χ1) is 8.58. The monoisotopic (exact) mass is 313 g/mol. The van der Waals surface area contributed by atoms with Gasteiger partial charge in [-0.25, -0.2) is 4.39 Å². The third-order valence-corrected chi connectivity index (χ3v) is 4.48. The number of carbonyl (C=O) groups excluding carboxylic acids is 1. The third-order valence-electron chi connectivity index (χ3n) is 3.59. The number of halogens is 2. The molecule has 1 aromatic carbocycles. The van der Waals surface area contributed by atoms with E-state index in [2.05, 4.69) is 20.8 Å². The Kier molecular flexibility index (Phi) is 4.51. The molecule has 0 N–H and O–H groups in total. The summed E-state index contributed by atoms with van der Waals surface area (Å²) in [5.41, 5.74) is 0.953. The fourth-order valence-corrected chi connectivity index (χ4v) is 2.82. The molecule has 2 nitrogen and oxygen atoms in total. The van der Waals surface area contributed by atoms with Gasteiger partial charge >= 0.3 is 0 Å². The van der Waals surface area contributed by atoms with E-state index in [0.717, 1.165) is 18.4 Å². The first-order valence-corrected chi connectivity index (χ1v) is 7.02. The van der Waals surface area contributed by atoms with Gasteiger partial charge in [-0.3, -0.25) is 9.69 Å². The molecular formula is C14H17BrFNO. The molecule has 0 atom stereocenters. The van der Waals surface area contributed by atoms with Crippen LogP contribution in [-0.2, 0) is 11.3 Å². The predicted molar refractivity (Wildman–Crippen MR) is 72.8 cm³/mol. The van der Waals surface area contributed by atoms with E-state index in [-0.39, 0.29) is 5.82 Å². The Balaban J connectivity index is 2.00. The second kappa shape index (κ2) is 5.93. The zero-order valence-electron chi connectivity index (χ0n) is 10.5. The lowest BCUT2D eigenvalue weighted by molar-refractivity contribution is -0.121. The van der Waals surface area contributed by atoms with E-state index in [1.54, 1.807) is 6.07 Å². The number of carbonyl (C=O) groups is 1. The van der Waals surface area contributed by atoms with E-state index in [9.17, 15) is 9.18 Å². The van der Waals surface area contributed by atoms with Crippen molar-refractivity contribution in [1.82, 2.24) is 4.90 Å². The van der Waals surface area contributed by atoms with Gasteiger partial charge in [0.25, 0.3) is 0 Å². The highest BCUT2D eigenvalue weighted by molar-refractivity contribution is 9.10. The Morgan fingerprint density at radius 3 is 2.72 bits per heavy atom. The van der Waals surface area contributed by atoms with Gasteiger partial charge in [-0.15, -0.1) is 0 Å². The quantitative estimate of drug-likeness (QED) is 0.851. The molecule has 2 rings (SSSR count). The normalized spacial score (nSPS) is 17.4. The van der Waals surface area contributed by atoms with Crippen molar-refractivity contribution in [3.63, 3.8) is 0 Å². The summed E-state index contributed by atoms with van der Waals surface area (Å²) in [5, 5.41) is 0. The fourth-order valence-electron chi connectivity index (χ4n) is 2.43. The van der Waals surface area contributed by atoms with Gasteiger partial charge in [-0.2, -0.15) is 0 Å². The van der Waals surface area contributed by atoms with Crippen molar-refractivity contribution in [3.8, 4) is 0 Å². The average Bonchev–Trinajstić information content (AvgIpc) is 2.36. The molecule has 0 bridgehead atoms. The maximum Gasteiger partial charge on any atom is 0.137 e. The SMILES string of the molecule is CN(Cc1cccc(F)c1Br)C1CCC(=O)CC1. The Bertz CT molecular complexity index is 439. The number of ketones is 1. The molecule has 1 aliphatic carbocycles. The molecule has 0 aromatic heterocycles. The van der Waals surface area contributed by atoms with Crippen LogP contribution in [0.15, 0.2) is 22.7 Å². The van der Waals surface area contributed by atoms with Crippen LogP contribution in [0.5, 0.6) is 0 Å². The number of rotatable bonds is 3. The molecule has 4 heteroatoms. The van der Waals surface area contributed by atoms with Gasteiger partial charge in [0.2, 0.25) is 0 Å². The summed E-state index contributed by atoms with van der Waals surface area (Å²) in [5.74, 6) is 0.145. The van der Waals surface area contributed by atoms with Gasteiger partial charge < -0.3 is 0 Å². The lowest BCUT2D eigenvalue weighted by Gasteiger charge is -2.31. The minimum atomic E-state index is -0.222. The predicted octanol–water partition coefficient (Wildman–Crippen LogP) is 3.53. The van der Waals surface area contributed by atoms with Crippen LogP contribution in [0.4, 0.5) is 4.39 Å². The largest absolute Gasteiger partial charge is 0.300 e. The van der Waals surface area contributed by atoms with Gasteiger partial charge in [-0.05, 0) is 47.4 Å². The highest BCUT2D eigenvalue weighted by Crippen LogP contribution is 2.25. The van der Waals surface area contributed by atoms with E-state index in [1.165, 1.54) is 6.07 Å². The summed E-state index contributed by atoms with van der Waals surface area (Å²) < 4.78 is 14.0. The summed E-state index contributed by atoms with van der Waals surface area (Å²) in [7, 11) is 2.04. The van der Waals surface area contributed by atoms with Gasteiger partial charge in [0.05, 0.1) is 4.47 Å². The lowest BCUT2D eigenvalue weighted by Crippen LogP contribution is -2.34. The second-order valence-corrected chi connectivity index (χ2v) is 5.69. The van der Waals surface area contributed by atoms with Crippen molar-refractivity contribution >= 4 is 21.7 Å². The average molecular weight is 314 g/mol. The Labute approximate surface area is 115 Å². The first kappa shape index (κ1) is 13.7. The third kappa shape index (κ3) is 3.18. The molecule has 1 aromatic rings. The summed E-state index contributed by atoms with van der Waals surface area (Å²) >= 11 is 3.29. The highest BCUT2D eigenvalue weighted by Gasteiger charge is 2.22. The van der Waals surface area contributed by atoms with Crippen molar-refractivity contribution < 1.29 is 9.18 Å². The maximum atomic E-state index is 13.4. The van der Waals surface area contributed by atoms with Crippen LogP contribution < -0.4 is 0 Å². The standard InChI is InChI=1S/C14H17BrFNO/c1-17(11-5-7-12(18)8-6-11)9-10-3-2-4-13(16)14(10)15/h2-4,11H,5-9H2,1H3. The number of benzene rings is 1. The zero-order valence-corrected chi connectivity index (χ0v) is 12.0. The summed E-state index contributed by atoms with van der Waals surface area (Å²) in [6.07, 6.45) is 3.20. The van der Waals surface area contributed by atoms with Crippen LogP contribution in [0, 0.1) is 5.82 Å². The molecule has 0 spiro atoms. The summed E-state index contributed by atoms with van der Waals surface area (Å²) in [6, 6.07) is 5.54.